The highest BCUT2D eigenvalue weighted by Gasteiger charge is 1.98. The van der Waals surface area contributed by atoms with Gasteiger partial charge in [0.1, 0.15) is 5.75 Å². The molecule has 3 heteroatoms. The monoisotopic (exact) mass is 178 g/mol. The third-order valence-corrected chi connectivity index (χ3v) is 1.49. The van der Waals surface area contributed by atoms with E-state index in [0.717, 1.165) is 11.6 Å². The van der Waals surface area contributed by atoms with Crippen LogP contribution < -0.4 is 4.74 Å². The van der Waals surface area contributed by atoms with E-state index < -0.39 is 5.97 Å². The van der Waals surface area contributed by atoms with Gasteiger partial charge in [0.15, 0.2) is 0 Å². The molecule has 0 saturated heterocycles. The zero-order valence-corrected chi connectivity index (χ0v) is 7.06. The topological polar surface area (TPSA) is 46.5 Å². The van der Waals surface area contributed by atoms with Crippen molar-refractivity contribution in [3.8, 4) is 5.75 Å². The summed E-state index contributed by atoms with van der Waals surface area (Å²) in [5, 5.41) is 8.73. The van der Waals surface area contributed by atoms with Crippen LogP contribution in [0.3, 0.4) is 0 Å². The smallest absolute Gasteiger partial charge is 0.335 e. The Kier molecular flexibility index (Phi) is 3.23. The molecule has 0 aromatic heterocycles. The first-order valence-corrected chi connectivity index (χ1v) is 3.80. The van der Waals surface area contributed by atoms with Crippen LogP contribution in [0, 0.1) is 0 Å². The predicted molar refractivity (Wildman–Crippen MR) is 48.2 cm³/mol. The van der Waals surface area contributed by atoms with Crippen molar-refractivity contribution in [1.29, 1.82) is 0 Å². The fourth-order valence-electron chi connectivity index (χ4n) is 0.821. The molecule has 0 spiro atoms. The van der Waals surface area contributed by atoms with Crippen molar-refractivity contribution in [3.63, 3.8) is 0 Å². The number of hydrogen-bond acceptors (Lipinski definition) is 3. The van der Waals surface area contributed by atoms with Gasteiger partial charge in [-0.05, 0) is 17.7 Å². The van der Waals surface area contributed by atoms with Gasteiger partial charge in [-0.25, -0.2) is 4.79 Å². The summed E-state index contributed by atoms with van der Waals surface area (Å²) in [4.78, 5) is 10.7. The minimum absolute atomic E-state index is 0.0182. The van der Waals surface area contributed by atoms with E-state index in [1.54, 1.807) is 24.3 Å². The highest BCUT2D eigenvalue weighted by atomic mass is 16.5. The van der Waals surface area contributed by atoms with Crippen LogP contribution in [-0.4, -0.2) is 11.1 Å². The van der Waals surface area contributed by atoms with Crippen LogP contribution in [0.1, 0.15) is 5.56 Å². The molecule has 0 aliphatic rings. The van der Waals surface area contributed by atoms with E-state index in [1.165, 1.54) is 0 Å². The van der Waals surface area contributed by atoms with Crippen molar-refractivity contribution in [1.82, 2.24) is 0 Å². The number of hydrogen-bond donors (Lipinski definition) is 1. The van der Waals surface area contributed by atoms with Crippen LogP contribution in [-0.2, 0) is 11.4 Å². The lowest BCUT2D eigenvalue weighted by molar-refractivity contribution is -0.128. The maximum absolute atomic E-state index is 10.7. The summed E-state index contributed by atoms with van der Waals surface area (Å²) < 4.78 is 4.82. The Hall–Kier alpha value is -1.61. The molecule has 0 bridgehead atoms. The Morgan fingerprint density at radius 2 is 2.08 bits per heavy atom. The molecule has 0 fully saturated rings. The molecule has 1 aromatic carbocycles. The first-order chi connectivity index (χ1) is 6.26. The number of benzene rings is 1. The van der Waals surface area contributed by atoms with Gasteiger partial charge >= 0.3 is 5.97 Å². The maximum atomic E-state index is 10.7. The van der Waals surface area contributed by atoms with E-state index in [-0.39, 0.29) is 6.61 Å². The van der Waals surface area contributed by atoms with E-state index in [4.69, 9.17) is 9.84 Å². The number of carbonyl (C=O) groups is 1. The Morgan fingerprint density at radius 1 is 1.46 bits per heavy atom. The minimum Gasteiger partial charge on any atom is -0.423 e. The lowest BCUT2D eigenvalue weighted by Gasteiger charge is -2.01. The van der Waals surface area contributed by atoms with Crippen molar-refractivity contribution in [2.75, 3.05) is 0 Å². The first-order valence-electron chi connectivity index (χ1n) is 3.80. The standard InChI is InChI=1S/C10H10O3/c1-2-10(12)13-9-5-3-8(7-11)4-6-9/h2-6,11H,1,7H2. The summed E-state index contributed by atoms with van der Waals surface area (Å²) in [6, 6.07) is 6.61. The molecule has 0 heterocycles. The van der Waals surface area contributed by atoms with E-state index in [1.807, 2.05) is 0 Å². The Bertz CT molecular complexity index is 300. The third-order valence-electron chi connectivity index (χ3n) is 1.49. The molecule has 0 radical (unpaired) electrons. The lowest BCUT2D eigenvalue weighted by Crippen LogP contribution is -2.02. The van der Waals surface area contributed by atoms with E-state index in [0.29, 0.717) is 5.75 Å². The molecular weight excluding hydrogens is 168 g/mol. The molecule has 1 N–H and O–H groups in total. The second-order valence-corrected chi connectivity index (χ2v) is 2.43. The summed E-state index contributed by atoms with van der Waals surface area (Å²) in [6.45, 7) is 3.26. The van der Waals surface area contributed by atoms with Crippen molar-refractivity contribution in [2.45, 2.75) is 6.61 Å². The number of aliphatic hydroxyl groups excluding tert-OH is 1. The molecule has 68 valence electrons. The molecule has 0 amide bonds. The average Bonchev–Trinajstić information content (AvgIpc) is 2.19. The third kappa shape index (κ3) is 2.72. The van der Waals surface area contributed by atoms with Gasteiger partial charge in [-0.3, -0.25) is 0 Å². The van der Waals surface area contributed by atoms with Gasteiger partial charge in [0, 0.05) is 6.08 Å². The van der Waals surface area contributed by atoms with Gasteiger partial charge in [0.05, 0.1) is 6.61 Å². The van der Waals surface area contributed by atoms with Crippen LogP contribution in [0.2, 0.25) is 0 Å². The van der Waals surface area contributed by atoms with Gasteiger partial charge in [0.2, 0.25) is 0 Å². The maximum Gasteiger partial charge on any atom is 0.335 e. The minimum atomic E-state index is -0.489. The largest absolute Gasteiger partial charge is 0.423 e. The Morgan fingerprint density at radius 3 is 2.54 bits per heavy atom. The Balaban J connectivity index is 2.69. The SMILES string of the molecule is C=CC(=O)Oc1ccc(CO)cc1. The molecule has 3 nitrogen and oxygen atoms in total. The van der Waals surface area contributed by atoms with E-state index in [2.05, 4.69) is 6.58 Å². The fraction of sp³-hybridized carbons (Fsp3) is 0.100. The van der Waals surface area contributed by atoms with Gasteiger partial charge in [-0.2, -0.15) is 0 Å². The predicted octanol–water partition coefficient (Wildman–Crippen LogP) is 1.27. The molecule has 1 aromatic rings. The molecule has 0 saturated carbocycles. The number of esters is 1. The zero-order valence-electron chi connectivity index (χ0n) is 7.06. The summed E-state index contributed by atoms with van der Waals surface area (Å²) in [6.07, 6.45) is 1.10. The quantitative estimate of drug-likeness (QED) is 0.430. The number of rotatable bonds is 3. The number of aliphatic hydroxyl groups is 1. The van der Waals surface area contributed by atoms with E-state index >= 15 is 0 Å². The molecule has 13 heavy (non-hydrogen) atoms. The van der Waals surface area contributed by atoms with E-state index in [9.17, 15) is 4.79 Å². The van der Waals surface area contributed by atoms with Crippen LogP contribution >= 0.6 is 0 Å². The van der Waals surface area contributed by atoms with Crippen LogP contribution in [0.5, 0.6) is 5.75 Å². The molecule has 0 atom stereocenters. The van der Waals surface area contributed by atoms with Gasteiger partial charge in [-0.1, -0.05) is 18.7 Å². The van der Waals surface area contributed by atoms with Gasteiger partial charge in [0.25, 0.3) is 0 Å². The van der Waals surface area contributed by atoms with Crippen molar-refractivity contribution in [3.05, 3.63) is 42.5 Å². The summed E-state index contributed by atoms with van der Waals surface area (Å²) in [5.74, 6) is -0.0427. The highest BCUT2D eigenvalue weighted by Crippen LogP contribution is 2.12. The molecule has 1 rings (SSSR count). The number of carbonyl (C=O) groups excluding carboxylic acids is 1. The zero-order chi connectivity index (χ0) is 9.68. The normalized spacial score (nSPS) is 9.31. The molecule has 0 aliphatic heterocycles. The van der Waals surface area contributed by atoms with Crippen LogP contribution in [0.25, 0.3) is 0 Å². The van der Waals surface area contributed by atoms with Gasteiger partial charge < -0.3 is 9.84 Å². The summed E-state index contributed by atoms with van der Waals surface area (Å²) >= 11 is 0. The van der Waals surface area contributed by atoms with Crippen molar-refractivity contribution in [2.24, 2.45) is 0 Å². The second kappa shape index (κ2) is 4.42. The molecule has 0 unspecified atom stereocenters. The summed E-state index contributed by atoms with van der Waals surface area (Å²) in [7, 11) is 0. The second-order valence-electron chi connectivity index (χ2n) is 2.43. The van der Waals surface area contributed by atoms with Crippen molar-refractivity contribution >= 4 is 5.97 Å². The molecule has 0 aliphatic carbocycles. The van der Waals surface area contributed by atoms with Crippen molar-refractivity contribution < 1.29 is 14.6 Å². The molecular formula is C10H10O3. The number of ether oxygens (including phenoxy) is 1. The average molecular weight is 178 g/mol. The van der Waals surface area contributed by atoms with Gasteiger partial charge in [-0.15, -0.1) is 0 Å². The highest BCUT2D eigenvalue weighted by molar-refractivity contribution is 5.83. The van der Waals surface area contributed by atoms with Crippen LogP contribution in [0.4, 0.5) is 0 Å². The fourth-order valence-corrected chi connectivity index (χ4v) is 0.821. The first kappa shape index (κ1) is 9.48. The Labute approximate surface area is 76.3 Å². The lowest BCUT2D eigenvalue weighted by atomic mass is 10.2. The summed E-state index contributed by atoms with van der Waals surface area (Å²) in [5.41, 5.74) is 0.776. The van der Waals surface area contributed by atoms with Crippen LogP contribution in [0.15, 0.2) is 36.9 Å².